The Hall–Kier alpha value is -2.23. The predicted octanol–water partition coefficient (Wildman–Crippen LogP) is 3.70. The second-order valence-electron chi connectivity index (χ2n) is 6.06. The molecular formula is C19H19BrClN5O2S. The number of nitrogens with two attached hydrogens (primary N) is 1. The summed E-state index contributed by atoms with van der Waals surface area (Å²) in [5, 5.41) is 9.36. The Morgan fingerprint density at radius 1 is 1.24 bits per heavy atom. The van der Waals surface area contributed by atoms with Crippen molar-refractivity contribution in [2.45, 2.75) is 5.16 Å². The van der Waals surface area contributed by atoms with Crippen molar-refractivity contribution in [3.63, 3.8) is 0 Å². The van der Waals surface area contributed by atoms with E-state index in [0.717, 1.165) is 10.0 Å². The number of carbonyl (C=O) groups is 1. The predicted molar refractivity (Wildman–Crippen MR) is 119 cm³/mol. The van der Waals surface area contributed by atoms with E-state index in [-0.39, 0.29) is 11.7 Å². The summed E-state index contributed by atoms with van der Waals surface area (Å²) in [5.41, 5.74) is 0.831. The van der Waals surface area contributed by atoms with Crippen LogP contribution in [-0.4, -0.2) is 51.6 Å². The lowest BCUT2D eigenvalue weighted by Crippen LogP contribution is -2.32. The molecule has 3 aromatic rings. The van der Waals surface area contributed by atoms with Crippen LogP contribution in [0.15, 0.2) is 58.2 Å². The number of thioether (sulfide) groups is 1. The van der Waals surface area contributed by atoms with E-state index in [2.05, 4.69) is 26.1 Å². The highest BCUT2D eigenvalue weighted by Crippen LogP contribution is 2.27. The number of halogens is 2. The van der Waals surface area contributed by atoms with E-state index in [9.17, 15) is 4.79 Å². The van der Waals surface area contributed by atoms with Crippen molar-refractivity contribution in [2.75, 3.05) is 31.8 Å². The molecule has 0 unspecified atom stereocenters. The molecule has 1 heterocycles. The molecule has 0 radical (unpaired) electrons. The maximum absolute atomic E-state index is 12.4. The molecule has 0 saturated heterocycles. The molecule has 0 spiro atoms. The molecule has 0 aliphatic rings. The van der Waals surface area contributed by atoms with Crippen LogP contribution in [0.3, 0.4) is 0 Å². The minimum absolute atomic E-state index is 0.0554. The van der Waals surface area contributed by atoms with Gasteiger partial charge in [0.2, 0.25) is 11.1 Å². The zero-order chi connectivity index (χ0) is 20.8. The van der Waals surface area contributed by atoms with Crippen LogP contribution in [-0.2, 0) is 4.79 Å². The van der Waals surface area contributed by atoms with E-state index >= 15 is 0 Å². The molecule has 10 heteroatoms. The third-order valence-corrected chi connectivity index (χ3v) is 5.91. The van der Waals surface area contributed by atoms with E-state index in [0.29, 0.717) is 34.9 Å². The number of aromatic nitrogens is 3. The highest BCUT2D eigenvalue weighted by molar-refractivity contribution is 9.10. The first-order chi connectivity index (χ1) is 14.0. The zero-order valence-corrected chi connectivity index (χ0v) is 18.7. The topological polar surface area (TPSA) is 86.3 Å². The van der Waals surface area contributed by atoms with Gasteiger partial charge in [-0.05, 0) is 36.4 Å². The fraction of sp³-hybridized carbons (Fsp3) is 0.211. The van der Waals surface area contributed by atoms with E-state index in [4.69, 9.17) is 22.2 Å². The van der Waals surface area contributed by atoms with Gasteiger partial charge in [0.25, 0.3) is 0 Å². The van der Waals surface area contributed by atoms with Crippen molar-refractivity contribution in [1.29, 1.82) is 0 Å². The first-order valence-electron chi connectivity index (χ1n) is 8.66. The Kier molecular flexibility index (Phi) is 7.40. The number of nitrogens with zero attached hydrogens (tertiary/aromatic N) is 4. The van der Waals surface area contributed by atoms with Crippen molar-refractivity contribution in [3.05, 3.63) is 58.0 Å². The molecule has 0 saturated carbocycles. The number of hydrogen-bond donors (Lipinski definition) is 1. The average molecular weight is 497 g/mol. The number of likely N-dealkylation sites (N-methyl/N-ethyl adjacent to an activating group) is 1. The zero-order valence-electron chi connectivity index (χ0n) is 15.6. The number of rotatable bonds is 8. The Morgan fingerprint density at radius 3 is 2.69 bits per heavy atom. The third-order valence-electron chi connectivity index (χ3n) is 4.04. The molecule has 1 aromatic heterocycles. The summed E-state index contributed by atoms with van der Waals surface area (Å²) < 4.78 is 7.88. The largest absolute Gasteiger partial charge is 0.492 e. The molecule has 0 aliphatic carbocycles. The molecule has 152 valence electrons. The van der Waals surface area contributed by atoms with Gasteiger partial charge in [-0.3, -0.25) is 4.79 Å². The number of benzene rings is 2. The highest BCUT2D eigenvalue weighted by Gasteiger charge is 2.16. The van der Waals surface area contributed by atoms with Crippen LogP contribution in [0.2, 0.25) is 5.02 Å². The van der Waals surface area contributed by atoms with Crippen molar-refractivity contribution < 1.29 is 9.53 Å². The van der Waals surface area contributed by atoms with Crippen molar-refractivity contribution in [1.82, 2.24) is 19.8 Å². The molecule has 0 bridgehead atoms. The maximum Gasteiger partial charge on any atom is 0.232 e. The number of hydrogen-bond acceptors (Lipinski definition) is 6. The van der Waals surface area contributed by atoms with E-state index in [1.165, 1.54) is 16.4 Å². The second kappa shape index (κ2) is 10.00. The molecular weight excluding hydrogens is 478 g/mol. The monoisotopic (exact) mass is 495 g/mol. The Bertz CT molecular complexity index is 983. The van der Waals surface area contributed by atoms with Gasteiger partial charge >= 0.3 is 0 Å². The minimum atomic E-state index is -0.0554. The van der Waals surface area contributed by atoms with Crippen LogP contribution in [0.25, 0.3) is 11.4 Å². The van der Waals surface area contributed by atoms with Crippen LogP contribution in [0.4, 0.5) is 0 Å². The molecule has 29 heavy (non-hydrogen) atoms. The fourth-order valence-corrected chi connectivity index (χ4v) is 3.78. The summed E-state index contributed by atoms with van der Waals surface area (Å²) in [5.74, 6) is 7.49. The molecule has 7 nitrogen and oxygen atoms in total. The van der Waals surface area contributed by atoms with Gasteiger partial charge in [0.1, 0.15) is 12.4 Å². The lowest BCUT2D eigenvalue weighted by molar-refractivity contribution is -0.127. The van der Waals surface area contributed by atoms with Crippen LogP contribution >= 0.6 is 39.3 Å². The Balaban J connectivity index is 1.50. The Labute approximate surface area is 186 Å². The van der Waals surface area contributed by atoms with Crippen LogP contribution in [0, 0.1) is 0 Å². The van der Waals surface area contributed by atoms with Gasteiger partial charge < -0.3 is 15.5 Å². The smallest absolute Gasteiger partial charge is 0.232 e. The summed E-state index contributed by atoms with van der Waals surface area (Å²) in [6.45, 7) is 0.841. The summed E-state index contributed by atoms with van der Waals surface area (Å²) in [6.07, 6.45) is 0. The second-order valence-corrected chi connectivity index (χ2v) is 8.30. The molecule has 0 fully saturated rings. The van der Waals surface area contributed by atoms with Gasteiger partial charge in [0, 0.05) is 22.1 Å². The minimum Gasteiger partial charge on any atom is -0.492 e. The van der Waals surface area contributed by atoms with Gasteiger partial charge in [0.05, 0.1) is 12.3 Å². The third kappa shape index (κ3) is 5.65. The summed E-state index contributed by atoms with van der Waals surface area (Å²) in [7, 11) is 1.73. The number of ether oxygens (including phenoxy) is 1. The summed E-state index contributed by atoms with van der Waals surface area (Å²) in [6, 6.07) is 14.7. The van der Waals surface area contributed by atoms with Crippen LogP contribution in [0.1, 0.15) is 0 Å². The SMILES string of the molecule is CN(CCOc1ccc(Cl)cc1)C(=O)CSc1nnc(-c2ccccc2Br)n1N. The molecule has 1 amide bonds. The van der Waals surface area contributed by atoms with Crippen LogP contribution < -0.4 is 10.6 Å². The van der Waals surface area contributed by atoms with Crippen LogP contribution in [0.5, 0.6) is 5.75 Å². The van der Waals surface area contributed by atoms with E-state index in [1.54, 1.807) is 36.2 Å². The number of amides is 1. The fourth-order valence-electron chi connectivity index (χ4n) is 2.39. The van der Waals surface area contributed by atoms with Gasteiger partial charge in [-0.1, -0.05) is 51.4 Å². The quantitative estimate of drug-likeness (QED) is 0.378. The average Bonchev–Trinajstić information content (AvgIpc) is 3.08. The van der Waals surface area contributed by atoms with Crippen molar-refractivity contribution in [3.8, 4) is 17.1 Å². The normalized spacial score (nSPS) is 10.7. The van der Waals surface area contributed by atoms with Gasteiger partial charge in [-0.25, -0.2) is 4.68 Å². The molecule has 2 N–H and O–H groups in total. The van der Waals surface area contributed by atoms with Gasteiger partial charge in [0.15, 0.2) is 5.82 Å². The van der Waals surface area contributed by atoms with Gasteiger partial charge in [-0.15, -0.1) is 10.2 Å². The molecule has 2 aromatic carbocycles. The maximum atomic E-state index is 12.4. The van der Waals surface area contributed by atoms with Gasteiger partial charge in [-0.2, -0.15) is 0 Å². The summed E-state index contributed by atoms with van der Waals surface area (Å²) in [4.78, 5) is 14.0. The standard InChI is InChI=1S/C19H19BrClN5O2S/c1-25(10-11-28-14-8-6-13(21)7-9-14)17(27)12-29-19-24-23-18(26(19)22)15-4-2-3-5-16(15)20/h2-9H,10-12,22H2,1H3. The lowest BCUT2D eigenvalue weighted by atomic mass is 10.2. The Morgan fingerprint density at radius 2 is 1.97 bits per heavy atom. The van der Waals surface area contributed by atoms with E-state index in [1.807, 2.05) is 24.3 Å². The van der Waals surface area contributed by atoms with Crippen molar-refractivity contribution in [2.24, 2.45) is 0 Å². The molecule has 0 atom stereocenters. The summed E-state index contributed by atoms with van der Waals surface area (Å²) >= 11 is 10.6. The van der Waals surface area contributed by atoms with E-state index < -0.39 is 0 Å². The molecule has 0 aliphatic heterocycles. The highest BCUT2D eigenvalue weighted by atomic mass is 79.9. The first-order valence-corrected chi connectivity index (χ1v) is 10.8. The number of carbonyl (C=O) groups excluding carboxylic acids is 1. The first kappa shape index (κ1) is 21.5. The van der Waals surface area contributed by atoms with Crippen molar-refractivity contribution >= 4 is 45.2 Å². The molecule has 3 rings (SSSR count). The number of nitrogen functional groups attached to an aromatic ring is 1. The lowest BCUT2D eigenvalue weighted by Gasteiger charge is -2.17.